The number of carbonyl (C=O) groups is 2. The number of hydrogen-bond acceptors (Lipinski definition) is 6. The fourth-order valence-electron chi connectivity index (χ4n) is 1.56. The van der Waals surface area contributed by atoms with Gasteiger partial charge in [0.05, 0.1) is 25.5 Å². The molecule has 7 heteroatoms. The number of nitrogens with one attached hydrogen (secondary N) is 1. The van der Waals surface area contributed by atoms with Crippen molar-refractivity contribution in [2.75, 3.05) is 13.7 Å². The van der Waals surface area contributed by atoms with Crippen LogP contribution >= 0.6 is 0 Å². The second kappa shape index (κ2) is 8.42. The Morgan fingerprint density at radius 3 is 2.77 bits per heavy atom. The van der Waals surface area contributed by atoms with E-state index in [4.69, 9.17) is 10.00 Å². The second-order valence-corrected chi connectivity index (χ2v) is 4.25. The third-order valence-corrected chi connectivity index (χ3v) is 2.69. The van der Waals surface area contributed by atoms with E-state index in [-0.39, 0.29) is 6.61 Å². The first-order valence-corrected chi connectivity index (χ1v) is 6.57. The van der Waals surface area contributed by atoms with Crippen LogP contribution in [0.25, 0.3) is 0 Å². The van der Waals surface area contributed by atoms with Crippen molar-refractivity contribution in [1.29, 1.82) is 5.26 Å². The fraction of sp³-hybridized carbons (Fsp3) is 0.333. The molecule has 0 aliphatic heterocycles. The van der Waals surface area contributed by atoms with Crippen molar-refractivity contribution in [3.05, 3.63) is 23.8 Å². The van der Waals surface area contributed by atoms with E-state index < -0.39 is 17.9 Å². The minimum atomic E-state index is -1.19. The number of alkyl carbamates (subject to hydrolysis) is 1. The zero-order chi connectivity index (χ0) is 16.5. The average molecular weight is 303 g/mol. The molecule has 0 bridgehead atoms. The van der Waals surface area contributed by atoms with Gasteiger partial charge in [0.1, 0.15) is 5.75 Å². The topological polar surface area (TPSA) is 101 Å². The van der Waals surface area contributed by atoms with E-state index in [9.17, 15) is 9.59 Å². The number of nitriles is 1. The molecule has 116 valence electrons. The van der Waals surface area contributed by atoms with Gasteiger partial charge in [-0.25, -0.2) is 4.79 Å². The Morgan fingerprint density at radius 2 is 2.23 bits per heavy atom. The molecule has 1 aromatic rings. The van der Waals surface area contributed by atoms with Gasteiger partial charge in [0, 0.05) is 6.21 Å². The molecule has 22 heavy (non-hydrogen) atoms. The highest BCUT2D eigenvalue weighted by atomic mass is 16.5. The molecule has 0 spiro atoms. The summed E-state index contributed by atoms with van der Waals surface area (Å²) in [7, 11) is 1.56. The number of carbonyl (C=O) groups excluding carboxylic acids is 2. The highest BCUT2D eigenvalue weighted by molar-refractivity contribution is 6.03. The first-order valence-electron chi connectivity index (χ1n) is 6.57. The fourth-order valence-corrected chi connectivity index (χ4v) is 1.56. The summed E-state index contributed by atoms with van der Waals surface area (Å²) in [6, 6.07) is 6.98. The van der Waals surface area contributed by atoms with Crippen molar-refractivity contribution < 1.29 is 19.1 Å². The Labute approximate surface area is 128 Å². The normalized spacial score (nSPS) is 11.5. The molecule has 1 aromatic carbocycles. The van der Waals surface area contributed by atoms with Crippen LogP contribution in [0.4, 0.5) is 10.5 Å². The number of nitrogens with zero attached hydrogens (tertiary/aromatic N) is 2. The Morgan fingerprint density at radius 1 is 1.50 bits per heavy atom. The summed E-state index contributed by atoms with van der Waals surface area (Å²) in [5.41, 5.74) is 1.43. The molecule has 0 heterocycles. The Kier molecular flexibility index (Phi) is 6.57. The average Bonchev–Trinajstić information content (AvgIpc) is 2.49. The van der Waals surface area contributed by atoms with Gasteiger partial charge in [-0.3, -0.25) is 15.1 Å². The molecule has 0 aliphatic rings. The number of amides is 2. The number of aryl methyl sites for hydroxylation is 1. The Balaban J connectivity index is 2.79. The molecule has 0 saturated carbocycles. The summed E-state index contributed by atoms with van der Waals surface area (Å²) in [4.78, 5) is 27.0. The molecule has 0 aromatic heterocycles. The zero-order valence-corrected chi connectivity index (χ0v) is 12.6. The molecule has 2 amide bonds. The summed E-state index contributed by atoms with van der Waals surface area (Å²) >= 11 is 0. The van der Waals surface area contributed by atoms with Crippen molar-refractivity contribution in [2.24, 2.45) is 10.9 Å². The number of ether oxygens (including phenoxy) is 2. The van der Waals surface area contributed by atoms with Crippen LogP contribution in [0, 0.1) is 24.2 Å². The molecule has 0 radical (unpaired) electrons. The maximum absolute atomic E-state index is 11.7. The highest BCUT2D eigenvalue weighted by Gasteiger charge is 2.18. The van der Waals surface area contributed by atoms with Crippen LogP contribution < -0.4 is 10.1 Å². The van der Waals surface area contributed by atoms with E-state index in [0.717, 1.165) is 5.56 Å². The largest absolute Gasteiger partial charge is 0.497 e. The lowest BCUT2D eigenvalue weighted by Gasteiger charge is -2.06. The smallest absolute Gasteiger partial charge is 0.413 e. The number of imide groups is 1. The van der Waals surface area contributed by atoms with Crippen molar-refractivity contribution in [3.8, 4) is 11.8 Å². The number of benzene rings is 1. The van der Waals surface area contributed by atoms with Gasteiger partial charge in [0.25, 0.3) is 5.91 Å². The lowest BCUT2D eigenvalue weighted by Crippen LogP contribution is -2.36. The third-order valence-electron chi connectivity index (χ3n) is 2.69. The molecule has 1 rings (SSSR count). The summed E-state index contributed by atoms with van der Waals surface area (Å²) in [5, 5.41) is 11.0. The standard InChI is InChI=1S/C15H17N3O4/c1-4-22-15(20)18-14(19)11(8-16)9-17-13-6-5-12(21-3)7-10(13)2/h5-7,9,11H,4H2,1-3H3,(H,18,19,20). The molecule has 0 saturated heterocycles. The monoisotopic (exact) mass is 303 g/mol. The predicted molar refractivity (Wildman–Crippen MR) is 80.2 cm³/mol. The van der Waals surface area contributed by atoms with Crippen LogP contribution in [0.1, 0.15) is 12.5 Å². The van der Waals surface area contributed by atoms with E-state index >= 15 is 0 Å². The van der Waals surface area contributed by atoms with Crippen LogP contribution in [-0.4, -0.2) is 31.9 Å². The van der Waals surface area contributed by atoms with E-state index in [2.05, 4.69) is 9.73 Å². The summed E-state index contributed by atoms with van der Waals surface area (Å²) in [5.74, 6) is -1.28. The molecule has 1 N–H and O–H groups in total. The number of methoxy groups -OCH3 is 1. The van der Waals surface area contributed by atoms with Gasteiger partial charge >= 0.3 is 6.09 Å². The molecular formula is C15H17N3O4. The maximum Gasteiger partial charge on any atom is 0.413 e. The minimum absolute atomic E-state index is 0.134. The highest BCUT2D eigenvalue weighted by Crippen LogP contribution is 2.23. The number of rotatable bonds is 5. The number of hydrogen-bond donors (Lipinski definition) is 1. The molecule has 7 nitrogen and oxygen atoms in total. The van der Waals surface area contributed by atoms with Crippen molar-refractivity contribution in [1.82, 2.24) is 5.32 Å². The van der Waals surface area contributed by atoms with Crippen LogP contribution in [0.3, 0.4) is 0 Å². The van der Waals surface area contributed by atoms with Crippen molar-refractivity contribution >= 4 is 23.9 Å². The van der Waals surface area contributed by atoms with Gasteiger partial charge in [0.2, 0.25) is 0 Å². The predicted octanol–water partition coefficient (Wildman–Crippen LogP) is 2.12. The van der Waals surface area contributed by atoms with Crippen LogP contribution in [-0.2, 0) is 9.53 Å². The van der Waals surface area contributed by atoms with Crippen molar-refractivity contribution in [2.45, 2.75) is 13.8 Å². The van der Waals surface area contributed by atoms with E-state index in [1.165, 1.54) is 6.21 Å². The van der Waals surface area contributed by atoms with Gasteiger partial charge < -0.3 is 9.47 Å². The molecule has 0 fully saturated rings. The lowest BCUT2D eigenvalue weighted by atomic mass is 10.1. The lowest BCUT2D eigenvalue weighted by molar-refractivity contribution is -0.121. The maximum atomic E-state index is 11.7. The molecular weight excluding hydrogens is 286 g/mol. The second-order valence-electron chi connectivity index (χ2n) is 4.25. The van der Waals surface area contributed by atoms with Gasteiger partial charge in [-0.05, 0) is 37.6 Å². The van der Waals surface area contributed by atoms with Crippen LogP contribution in [0.15, 0.2) is 23.2 Å². The summed E-state index contributed by atoms with van der Waals surface area (Å²) in [6.45, 7) is 3.57. The van der Waals surface area contributed by atoms with Gasteiger partial charge in [-0.1, -0.05) is 0 Å². The number of aliphatic imine (C=N–C) groups is 1. The first kappa shape index (κ1) is 17.2. The Bertz CT molecular complexity index is 620. The molecule has 1 atom stereocenters. The van der Waals surface area contributed by atoms with Gasteiger partial charge in [0.15, 0.2) is 5.92 Å². The first-order chi connectivity index (χ1) is 10.5. The third kappa shape index (κ3) is 4.90. The SMILES string of the molecule is CCOC(=O)NC(=O)C(C#N)C=Nc1ccc(OC)cc1C. The van der Waals surface area contributed by atoms with E-state index in [0.29, 0.717) is 11.4 Å². The van der Waals surface area contributed by atoms with Gasteiger partial charge in [-0.2, -0.15) is 5.26 Å². The van der Waals surface area contributed by atoms with Gasteiger partial charge in [-0.15, -0.1) is 0 Å². The molecule has 0 aliphatic carbocycles. The quantitative estimate of drug-likeness (QED) is 0.840. The van der Waals surface area contributed by atoms with E-state index in [1.807, 2.05) is 12.2 Å². The zero-order valence-electron chi connectivity index (χ0n) is 12.6. The molecule has 1 unspecified atom stereocenters. The van der Waals surface area contributed by atoms with Crippen molar-refractivity contribution in [3.63, 3.8) is 0 Å². The minimum Gasteiger partial charge on any atom is -0.497 e. The van der Waals surface area contributed by atoms with E-state index in [1.54, 1.807) is 38.3 Å². The van der Waals surface area contributed by atoms with Crippen LogP contribution in [0.2, 0.25) is 0 Å². The summed E-state index contributed by atoms with van der Waals surface area (Å²) in [6.07, 6.45) is 0.297. The Hall–Kier alpha value is -2.88. The van der Waals surface area contributed by atoms with Crippen LogP contribution in [0.5, 0.6) is 5.75 Å². The summed E-state index contributed by atoms with van der Waals surface area (Å²) < 4.78 is 9.66.